The zero-order chi connectivity index (χ0) is 22.8. The van der Waals surface area contributed by atoms with Crippen molar-refractivity contribution in [2.75, 3.05) is 6.61 Å². The molecule has 0 spiro atoms. The van der Waals surface area contributed by atoms with Gasteiger partial charge in [-0.3, -0.25) is 9.36 Å². The van der Waals surface area contributed by atoms with E-state index in [4.69, 9.17) is 9.26 Å². The molecule has 0 bridgehead atoms. The van der Waals surface area contributed by atoms with Crippen molar-refractivity contribution >= 4 is 17.8 Å². The fourth-order valence-electron chi connectivity index (χ4n) is 3.07. The van der Waals surface area contributed by atoms with E-state index in [-0.39, 0.29) is 0 Å². The Morgan fingerprint density at radius 3 is 2.39 bits per heavy atom. The second kappa shape index (κ2) is 8.63. The monoisotopic (exact) mass is 432 g/mol. The third-order valence-electron chi connectivity index (χ3n) is 4.57. The summed E-state index contributed by atoms with van der Waals surface area (Å²) in [5.74, 6) is -0.00260. The number of alkyl halides is 3. The highest BCUT2D eigenvalue weighted by Crippen LogP contribution is 2.29. The number of nitrogens with zero attached hydrogens (tertiary/aromatic N) is 2. The molecule has 3 aromatic rings. The van der Waals surface area contributed by atoms with Crippen molar-refractivity contribution in [1.82, 2.24) is 9.72 Å². The Balaban J connectivity index is 1.62. The van der Waals surface area contributed by atoms with E-state index in [1.807, 2.05) is 6.92 Å². The van der Waals surface area contributed by atoms with Gasteiger partial charge in [-0.2, -0.15) is 13.2 Å². The molecule has 31 heavy (non-hydrogen) atoms. The lowest BCUT2D eigenvalue weighted by Gasteiger charge is -2.06. The van der Waals surface area contributed by atoms with Crippen LogP contribution in [0.3, 0.4) is 0 Å². The Hall–Kier alpha value is -3.62. The molecular formula is C22H19F3N2O4. The number of carbonyl (C=O) groups excluding carboxylic acids is 2. The number of rotatable bonds is 6. The molecule has 0 fully saturated rings. The average Bonchev–Trinajstić information content (AvgIpc) is 3.26. The van der Waals surface area contributed by atoms with Gasteiger partial charge in [-0.1, -0.05) is 17.3 Å². The lowest BCUT2D eigenvalue weighted by molar-refractivity contribution is -0.138. The Morgan fingerprint density at radius 2 is 1.81 bits per heavy atom. The highest BCUT2D eigenvalue weighted by atomic mass is 19.4. The quantitative estimate of drug-likeness (QED) is 0.316. The summed E-state index contributed by atoms with van der Waals surface area (Å²) < 4.78 is 49.5. The second-order valence-corrected chi connectivity index (χ2v) is 6.90. The molecule has 6 nitrogen and oxygen atoms in total. The minimum Gasteiger partial charge on any atom is -0.454 e. The number of esters is 1. The van der Waals surface area contributed by atoms with Gasteiger partial charge in [0.25, 0.3) is 0 Å². The maximum Gasteiger partial charge on any atom is 0.416 e. The van der Waals surface area contributed by atoms with Crippen LogP contribution < -0.4 is 0 Å². The molecule has 0 atom stereocenters. The highest BCUT2D eigenvalue weighted by Gasteiger charge is 2.29. The first-order valence-corrected chi connectivity index (χ1v) is 9.24. The van der Waals surface area contributed by atoms with E-state index in [1.165, 1.54) is 18.2 Å². The molecule has 1 aromatic carbocycles. The predicted octanol–water partition coefficient (Wildman–Crippen LogP) is 4.85. The van der Waals surface area contributed by atoms with Crippen LogP contribution in [0.15, 0.2) is 47.0 Å². The third-order valence-corrected chi connectivity index (χ3v) is 4.57. The highest BCUT2D eigenvalue weighted by molar-refractivity contribution is 6.00. The van der Waals surface area contributed by atoms with Crippen molar-refractivity contribution in [2.45, 2.75) is 26.9 Å². The van der Waals surface area contributed by atoms with Gasteiger partial charge in [0.2, 0.25) is 5.78 Å². The second-order valence-electron chi connectivity index (χ2n) is 6.90. The van der Waals surface area contributed by atoms with Gasteiger partial charge < -0.3 is 9.26 Å². The molecule has 0 amide bonds. The Labute approximate surface area is 175 Å². The van der Waals surface area contributed by atoms with Gasteiger partial charge in [0, 0.05) is 29.1 Å². The number of Topliss-reactive ketones (excluding diaryl/α,β-unsaturated/α-hetero) is 1. The van der Waals surface area contributed by atoms with Crippen LogP contribution in [0.2, 0.25) is 0 Å². The number of ether oxygens (including phenoxy) is 1. The normalized spacial score (nSPS) is 11.8. The van der Waals surface area contributed by atoms with Crippen molar-refractivity contribution in [3.8, 4) is 5.82 Å². The fraction of sp³-hybridized carbons (Fsp3) is 0.227. The van der Waals surface area contributed by atoms with Crippen molar-refractivity contribution in [3.05, 3.63) is 76.3 Å². The summed E-state index contributed by atoms with van der Waals surface area (Å²) in [6.45, 7) is 4.84. The smallest absolute Gasteiger partial charge is 0.416 e. The van der Waals surface area contributed by atoms with Crippen LogP contribution in [0.25, 0.3) is 11.9 Å². The van der Waals surface area contributed by atoms with Gasteiger partial charge in [0.15, 0.2) is 12.4 Å². The van der Waals surface area contributed by atoms with Gasteiger partial charge in [-0.25, -0.2) is 4.79 Å². The molecular weight excluding hydrogens is 413 g/mol. The van der Waals surface area contributed by atoms with Crippen LogP contribution in [0, 0.1) is 20.8 Å². The van der Waals surface area contributed by atoms with Crippen LogP contribution in [0.1, 0.15) is 38.6 Å². The first-order chi connectivity index (χ1) is 14.6. The molecule has 9 heteroatoms. The van der Waals surface area contributed by atoms with E-state index < -0.39 is 30.1 Å². The van der Waals surface area contributed by atoms with Gasteiger partial charge in [-0.15, -0.1) is 0 Å². The maximum atomic E-state index is 12.6. The largest absolute Gasteiger partial charge is 0.454 e. The topological polar surface area (TPSA) is 74.3 Å². The standard InChI is InChI=1S/C22H19F3N2O4/c1-13-10-18(15(3)27(13)20-11-14(2)31-26-20)19(28)12-30-21(29)9-6-16-4-7-17(8-5-16)22(23,24)25/h4-11H,12H2,1-3H3/b9-6+. The minimum absolute atomic E-state index is 0.387. The lowest BCUT2D eigenvalue weighted by atomic mass is 10.1. The van der Waals surface area contributed by atoms with Crippen molar-refractivity contribution < 1.29 is 32.0 Å². The number of ketones is 1. The van der Waals surface area contributed by atoms with Gasteiger partial charge in [0.05, 0.1) is 5.56 Å². The molecule has 0 aliphatic rings. The Kier molecular flexibility index (Phi) is 6.14. The number of halogens is 3. The molecule has 0 N–H and O–H groups in total. The molecule has 162 valence electrons. The number of hydrogen-bond acceptors (Lipinski definition) is 5. The summed E-state index contributed by atoms with van der Waals surface area (Å²) in [5.41, 5.74) is 1.39. The van der Waals surface area contributed by atoms with Crippen LogP contribution >= 0.6 is 0 Å². The van der Waals surface area contributed by atoms with E-state index in [2.05, 4.69) is 5.16 Å². The summed E-state index contributed by atoms with van der Waals surface area (Å²) in [6.07, 6.45) is -2.06. The minimum atomic E-state index is -4.43. The summed E-state index contributed by atoms with van der Waals surface area (Å²) in [4.78, 5) is 24.4. The molecule has 0 unspecified atom stereocenters. The van der Waals surface area contributed by atoms with E-state index >= 15 is 0 Å². The summed E-state index contributed by atoms with van der Waals surface area (Å²) in [6, 6.07) is 7.71. The van der Waals surface area contributed by atoms with Crippen LogP contribution in [-0.2, 0) is 15.7 Å². The summed E-state index contributed by atoms with van der Waals surface area (Å²) in [5, 5.41) is 3.95. The summed E-state index contributed by atoms with van der Waals surface area (Å²) in [7, 11) is 0. The van der Waals surface area contributed by atoms with Crippen LogP contribution in [-0.4, -0.2) is 28.1 Å². The zero-order valence-corrected chi connectivity index (χ0v) is 17.0. The lowest BCUT2D eigenvalue weighted by Crippen LogP contribution is -2.13. The molecule has 2 heterocycles. The van der Waals surface area contributed by atoms with Crippen molar-refractivity contribution in [2.24, 2.45) is 0 Å². The number of aromatic nitrogens is 2. The number of hydrogen-bond donors (Lipinski definition) is 0. The van der Waals surface area contributed by atoms with Crippen LogP contribution in [0.4, 0.5) is 13.2 Å². The summed E-state index contributed by atoms with van der Waals surface area (Å²) >= 11 is 0. The first kappa shape index (κ1) is 22.1. The molecule has 0 saturated heterocycles. The first-order valence-electron chi connectivity index (χ1n) is 9.24. The maximum absolute atomic E-state index is 12.6. The molecule has 0 aliphatic carbocycles. The molecule has 2 aromatic heterocycles. The molecule has 0 aliphatic heterocycles. The number of carbonyl (C=O) groups is 2. The van der Waals surface area contributed by atoms with E-state index in [0.29, 0.717) is 28.4 Å². The van der Waals surface area contributed by atoms with Crippen molar-refractivity contribution in [1.29, 1.82) is 0 Å². The predicted molar refractivity (Wildman–Crippen MR) is 106 cm³/mol. The van der Waals surface area contributed by atoms with E-state index in [1.54, 1.807) is 30.5 Å². The molecule has 0 saturated carbocycles. The zero-order valence-electron chi connectivity index (χ0n) is 17.0. The molecule has 0 radical (unpaired) electrons. The Bertz CT molecular complexity index is 1140. The van der Waals surface area contributed by atoms with Crippen LogP contribution in [0.5, 0.6) is 0 Å². The van der Waals surface area contributed by atoms with Crippen molar-refractivity contribution in [3.63, 3.8) is 0 Å². The van der Waals surface area contributed by atoms with Gasteiger partial charge >= 0.3 is 12.1 Å². The number of benzene rings is 1. The van der Waals surface area contributed by atoms with Gasteiger partial charge in [0.1, 0.15) is 5.76 Å². The molecule has 3 rings (SSSR count). The van der Waals surface area contributed by atoms with Gasteiger partial charge in [-0.05, 0) is 50.6 Å². The van der Waals surface area contributed by atoms with E-state index in [0.717, 1.165) is 23.9 Å². The van der Waals surface area contributed by atoms with E-state index in [9.17, 15) is 22.8 Å². The third kappa shape index (κ3) is 5.11. The number of aryl methyl sites for hydroxylation is 2. The average molecular weight is 432 g/mol. The SMILES string of the molecule is Cc1cc(-n2c(C)cc(C(=O)COC(=O)/C=C/c3ccc(C(F)(F)F)cc3)c2C)no1. The fourth-order valence-corrected chi connectivity index (χ4v) is 3.07. The Morgan fingerprint density at radius 1 is 1.13 bits per heavy atom.